The van der Waals surface area contributed by atoms with E-state index in [4.69, 9.17) is 4.74 Å². The maximum absolute atomic E-state index is 13.2. The van der Waals surface area contributed by atoms with Crippen LogP contribution in [0, 0.1) is 5.82 Å². The van der Waals surface area contributed by atoms with Crippen LogP contribution in [-0.2, 0) is 0 Å². The predicted octanol–water partition coefficient (Wildman–Crippen LogP) is 3.11. The lowest BCUT2D eigenvalue weighted by Gasteiger charge is -2.36. The van der Waals surface area contributed by atoms with Crippen molar-refractivity contribution in [2.24, 2.45) is 0 Å². The van der Waals surface area contributed by atoms with Crippen LogP contribution in [0.1, 0.15) is 36.2 Å². The number of halogens is 1. The van der Waals surface area contributed by atoms with E-state index in [1.807, 2.05) is 4.90 Å². The molecule has 0 bridgehead atoms. The van der Waals surface area contributed by atoms with Gasteiger partial charge in [0.25, 0.3) is 5.91 Å². The summed E-state index contributed by atoms with van der Waals surface area (Å²) in [6.07, 6.45) is 7.69. The number of hydrogen-bond donors (Lipinski definition) is 0. The number of benzene rings is 1. The number of ether oxygens (including phenoxy) is 1. The first-order valence-corrected chi connectivity index (χ1v) is 9.48. The Bertz CT molecular complexity index is 795. The quantitative estimate of drug-likeness (QED) is 0.828. The molecule has 1 amide bonds. The highest BCUT2D eigenvalue weighted by molar-refractivity contribution is 5.92. The summed E-state index contributed by atoms with van der Waals surface area (Å²) in [6.45, 7) is 3.44. The van der Waals surface area contributed by atoms with Crippen LogP contribution in [0.4, 0.5) is 4.39 Å². The molecule has 27 heavy (non-hydrogen) atoms. The summed E-state index contributed by atoms with van der Waals surface area (Å²) >= 11 is 0. The Labute approximate surface area is 158 Å². The van der Waals surface area contributed by atoms with Gasteiger partial charge in [-0.05, 0) is 31.4 Å². The molecular formula is C20H23FN4O2. The first-order valence-electron chi connectivity index (χ1n) is 9.48. The molecule has 1 aromatic carbocycles. The van der Waals surface area contributed by atoms with Crippen molar-refractivity contribution in [3.05, 3.63) is 48.2 Å². The molecule has 0 atom stereocenters. The summed E-state index contributed by atoms with van der Waals surface area (Å²) < 4.78 is 18.7. The van der Waals surface area contributed by atoms with E-state index in [9.17, 15) is 9.18 Å². The Morgan fingerprint density at radius 1 is 1.07 bits per heavy atom. The number of rotatable bonds is 4. The Balaban J connectivity index is 1.37. The average Bonchev–Trinajstić information content (AvgIpc) is 2.87. The topological polar surface area (TPSA) is 58.6 Å². The third-order valence-electron chi connectivity index (χ3n) is 5.27. The van der Waals surface area contributed by atoms with Crippen LogP contribution in [0.25, 0.3) is 0 Å². The Kier molecular flexibility index (Phi) is 5.29. The first-order chi connectivity index (χ1) is 13.2. The van der Waals surface area contributed by atoms with Crippen molar-refractivity contribution in [3.63, 3.8) is 0 Å². The Morgan fingerprint density at radius 2 is 1.96 bits per heavy atom. The second kappa shape index (κ2) is 8.00. The minimum atomic E-state index is -0.385. The minimum absolute atomic E-state index is 0.102. The predicted molar refractivity (Wildman–Crippen MR) is 98.2 cm³/mol. The number of nitrogens with zero attached hydrogens (tertiary/aromatic N) is 4. The fraction of sp³-hybridized carbons (Fsp3) is 0.450. The standard InChI is InChI=1S/C20H23FN4O2/c21-15-4-1-7-17(12-15)27-19-14-22-18(13-23-19)20(26)25-9-3-8-24(10-11-25)16-5-2-6-16/h1,4,7,12-14,16H,2-3,5-6,8-11H2. The fourth-order valence-electron chi connectivity index (χ4n) is 3.55. The number of carbonyl (C=O) groups excluding carboxylic acids is 1. The van der Waals surface area contributed by atoms with Gasteiger partial charge in [-0.25, -0.2) is 14.4 Å². The molecule has 0 radical (unpaired) electrons. The molecular weight excluding hydrogens is 347 g/mol. The minimum Gasteiger partial charge on any atom is -0.437 e. The molecule has 1 saturated carbocycles. The summed E-state index contributed by atoms with van der Waals surface area (Å²) in [5, 5.41) is 0. The van der Waals surface area contributed by atoms with Crippen LogP contribution in [-0.4, -0.2) is 57.9 Å². The monoisotopic (exact) mass is 370 g/mol. The average molecular weight is 370 g/mol. The summed E-state index contributed by atoms with van der Waals surface area (Å²) in [7, 11) is 0. The van der Waals surface area contributed by atoms with Crippen molar-refractivity contribution in [3.8, 4) is 11.6 Å². The van der Waals surface area contributed by atoms with E-state index in [0.717, 1.165) is 32.6 Å². The molecule has 0 spiro atoms. The van der Waals surface area contributed by atoms with Gasteiger partial charge in [0.15, 0.2) is 0 Å². The molecule has 1 aliphatic carbocycles. The smallest absolute Gasteiger partial charge is 0.274 e. The Hall–Kier alpha value is -2.54. The lowest BCUT2D eigenvalue weighted by Crippen LogP contribution is -2.42. The molecule has 0 N–H and O–H groups in total. The van der Waals surface area contributed by atoms with Gasteiger partial charge in [-0.2, -0.15) is 0 Å². The zero-order chi connectivity index (χ0) is 18.6. The number of hydrogen-bond acceptors (Lipinski definition) is 5. The van der Waals surface area contributed by atoms with Gasteiger partial charge < -0.3 is 9.64 Å². The van der Waals surface area contributed by atoms with Crippen LogP contribution in [0.2, 0.25) is 0 Å². The van der Waals surface area contributed by atoms with E-state index in [1.165, 1.54) is 43.8 Å². The normalized spacial score (nSPS) is 18.6. The molecule has 2 aliphatic rings. The van der Waals surface area contributed by atoms with E-state index in [-0.39, 0.29) is 17.6 Å². The van der Waals surface area contributed by atoms with Gasteiger partial charge in [-0.3, -0.25) is 9.69 Å². The number of aromatic nitrogens is 2. The van der Waals surface area contributed by atoms with Gasteiger partial charge in [0, 0.05) is 38.3 Å². The van der Waals surface area contributed by atoms with Gasteiger partial charge in [0.2, 0.25) is 5.88 Å². The molecule has 2 aromatic rings. The van der Waals surface area contributed by atoms with E-state index < -0.39 is 0 Å². The maximum atomic E-state index is 13.2. The van der Waals surface area contributed by atoms with Crippen LogP contribution < -0.4 is 4.74 Å². The first kappa shape index (κ1) is 17.9. The SMILES string of the molecule is O=C(c1cnc(Oc2cccc(F)c2)cn1)N1CCCN(C2CCC2)CC1. The van der Waals surface area contributed by atoms with Crippen LogP contribution in [0.5, 0.6) is 11.6 Å². The van der Waals surface area contributed by atoms with E-state index in [1.54, 1.807) is 12.1 Å². The van der Waals surface area contributed by atoms with Crippen LogP contribution >= 0.6 is 0 Å². The van der Waals surface area contributed by atoms with Crippen molar-refractivity contribution in [1.29, 1.82) is 0 Å². The van der Waals surface area contributed by atoms with Crippen LogP contribution in [0.3, 0.4) is 0 Å². The van der Waals surface area contributed by atoms with Gasteiger partial charge in [-0.1, -0.05) is 12.5 Å². The van der Waals surface area contributed by atoms with Gasteiger partial charge in [0.05, 0.1) is 12.4 Å². The van der Waals surface area contributed by atoms with Crippen molar-refractivity contribution < 1.29 is 13.9 Å². The molecule has 7 heteroatoms. The number of amides is 1. The van der Waals surface area contributed by atoms with Gasteiger partial charge >= 0.3 is 0 Å². The fourth-order valence-corrected chi connectivity index (χ4v) is 3.55. The van der Waals surface area contributed by atoms with E-state index >= 15 is 0 Å². The second-order valence-electron chi connectivity index (χ2n) is 7.07. The van der Waals surface area contributed by atoms with Crippen LogP contribution in [0.15, 0.2) is 36.7 Å². The summed E-state index contributed by atoms with van der Waals surface area (Å²) in [6, 6.07) is 6.51. The van der Waals surface area contributed by atoms with Gasteiger partial charge in [0.1, 0.15) is 17.3 Å². The summed E-state index contributed by atoms with van der Waals surface area (Å²) in [5.41, 5.74) is 0.304. The molecule has 4 rings (SSSR count). The highest BCUT2D eigenvalue weighted by Crippen LogP contribution is 2.26. The van der Waals surface area contributed by atoms with E-state index in [2.05, 4.69) is 14.9 Å². The maximum Gasteiger partial charge on any atom is 0.274 e. The molecule has 2 fully saturated rings. The summed E-state index contributed by atoms with van der Waals surface area (Å²) in [4.78, 5) is 25.5. The highest BCUT2D eigenvalue weighted by atomic mass is 19.1. The van der Waals surface area contributed by atoms with E-state index in [0.29, 0.717) is 17.5 Å². The Morgan fingerprint density at radius 3 is 2.67 bits per heavy atom. The second-order valence-corrected chi connectivity index (χ2v) is 7.07. The lowest BCUT2D eigenvalue weighted by molar-refractivity contribution is 0.0743. The largest absolute Gasteiger partial charge is 0.437 e. The highest BCUT2D eigenvalue weighted by Gasteiger charge is 2.28. The third-order valence-corrected chi connectivity index (χ3v) is 5.27. The van der Waals surface area contributed by atoms with Crippen molar-refractivity contribution in [2.75, 3.05) is 26.2 Å². The van der Waals surface area contributed by atoms with Gasteiger partial charge in [-0.15, -0.1) is 0 Å². The molecule has 6 nitrogen and oxygen atoms in total. The van der Waals surface area contributed by atoms with Crippen molar-refractivity contribution >= 4 is 5.91 Å². The molecule has 1 aliphatic heterocycles. The zero-order valence-electron chi connectivity index (χ0n) is 15.2. The lowest BCUT2D eigenvalue weighted by atomic mass is 9.91. The molecule has 0 unspecified atom stereocenters. The summed E-state index contributed by atoms with van der Waals surface area (Å²) in [5.74, 6) is 0.0794. The third kappa shape index (κ3) is 4.24. The zero-order valence-corrected chi connectivity index (χ0v) is 15.2. The molecule has 2 heterocycles. The molecule has 1 aromatic heterocycles. The number of carbonyl (C=O) groups is 1. The van der Waals surface area contributed by atoms with Crippen molar-refractivity contribution in [2.45, 2.75) is 31.7 Å². The molecule has 1 saturated heterocycles. The van der Waals surface area contributed by atoms with Crippen molar-refractivity contribution in [1.82, 2.24) is 19.8 Å². The molecule has 142 valence electrons.